The molecule has 2 bridgehead atoms. The van der Waals surface area contributed by atoms with Crippen LogP contribution in [0, 0.1) is 28.6 Å². The summed E-state index contributed by atoms with van der Waals surface area (Å²) in [5.41, 5.74) is 0.830. The highest BCUT2D eigenvalue weighted by molar-refractivity contribution is 5.77. The van der Waals surface area contributed by atoms with Gasteiger partial charge in [-0.25, -0.2) is 9.78 Å². The average molecular weight is 348 g/mol. The highest BCUT2D eigenvalue weighted by atomic mass is 17.2. The summed E-state index contributed by atoms with van der Waals surface area (Å²) in [5, 5.41) is 0. The van der Waals surface area contributed by atoms with Crippen molar-refractivity contribution in [1.82, 2.24) is 0 Å². The number of ether oxygens (including phenoxy) is 1. The quantitative estimate of drug-likeness (QED) is 0.420. The van der Waals surface area contributed by atoms with Crippen LogP contribution in [0.4, 0.5) is 0 Å². The second-order valence-corrected chi connectivity index (χ2v) is 9.57. The molecule has 3 fully saturated rings. The Morgan fingerprint density at radius 2 is 2.00 bits per heavy atom. The Labute approximate surface area is 151 Å². The molecule has 2 saturated carbocycles. The Morgan fingerprint density at radius 1 is 1.24 bits per heavy atom. The van der Waals surface area contributed by atoms with Gasteiger partial charge in [0.05, 0.1) is 12.5 Å². The molecule has 2 aliphatic heterocycles. The van der Waals surface area contributed by atoms with E-state index >= 15 is 0 Å². The van der Waals surface area contributed by atoms with Crippen LogP contribution in [0.5, 0.6) is 0 Å². The van der Waals surface area contributed by atoms with Crippen molar-refractivity contribution in [2.75, 3.05) is 7.11 Å². The normalized spacial score (nSPS) is 48.6. The van der Waals surface area contributed by atoms with Crippen molar-refractivity contribution in [1.29, 1.82) is 0 Å². The van der Waals surface area contributed by atoms with E-state index in [1.807, 2.05) is 0 Å². The van der Waals surface area contributed by atoms with Gasteiger partial charge in [-0.1, -0.05) is 27.2 Å². The van der Waals surface area contributed by atoms with Crippen molar-refractivity contribution in [3.63, 3.8) is 0 Å². The third kappa shape index (κ3) is 2.22. The monoisotopic (exact) mass is 348 g/mol. The molecule has 3 aliphatic carbocycles. The zero-order valence-corrected chi connectivity index (χ0v) is 16.3. The SMILES string of the molecule is COC(=O)[C@]1(C)CCC[C@]2(C)C3C[C@@H]4OO[C@]3(C=C4C(C)C)CCC21. The van der Waals surface area contributed by atoms with Crippen LogP contribution in [-0.4, -0.2) is 24.8 Å². The van der Waals surface area contributed by atoms with Gasteiger partial charge in [-0.2, -0.15) is 0 Å². The van der Waals surface area contributed by atoms with Crippen molar-refractivity contribution in [3.8, 4) is 0 Å². The predicted molar refractivity (Wildman–Crippen MR) is 94.5 cm³/mol. The summed E-state index contributed by atoms with van der Waals surface area (Å²) in [6, 6.07) is 0. The maximum Gasteiger partial charge on any atom is 0.311 e. The molecule has 140 valence electrons. The number of rotatable bonds is 2. The lowest BCUT2D eigenvalue weighted by molar-refractivity contribution is -0.434. The molecule has 4 nitrogen and oxygen atoms in total. The molecule has 0 aromatic rings. The van der Waals surface area contributed by atoms with E-state index in [0.29, 0.717) is 17.8 Å². The number of hydrogen-bond acceptors (Lipinski definition) is 4. The van der Waals surface area contributed by atoms with Crippen molar-refractivity contribution in [3.05, 3.63) is 11.6 Å². The van der Waals surface area contributed by atoms with Gasteiger partial charge >= 0.3 is 5.97 Å². The van der Waals surface area contributed by atoms with Gasteiger partial charge in [0.1, 0.15) is 11.7 Å². The van der Waals surface area contributed by atoms with Crippen LogP contribution in [0.1, 0.15) is 66.2 Å². The largest absolute Gasteiger partial charge is 0.469 e. The first kappa shape index (κ1) is 17.5. The highest BCUT2D eigenvalue weighted by Gasteiger charge is 2.66. The van der Waals surface area contributed by atoms with E-state index in [-0.39, 0.29) is 28.5 Å². The number of methoxy groups -OCH3 is 1. The zero-order chi connectivity index (χ0) is 18.0. The molecule has 0 aromatic carbocycles. The van der Waals surface area contributed by atoms with E-state index in [1.165, 1.54) is 12.7 Å². The van der Waals surface area contributed by atoms with Gasteiger partial charge in [0.2, 0.25) is 0 Å². The molecule has 0 aromatic heterocycles. The minimum absolute atomic E-state index is 0.0316. The van der Waals surface area contributed by atoms with Crippen molar-refractivity contribution in [2.24, 2.45) is 28.6 Å². The molecule has 0 radical (unpaired) electrons. The molecule has 2 heterocycles. The third-order valence-electron chi connectivity index (χ3n) is 8.06. The first-order chi connectivity index (χ1) is 11.8. The molecule has 1 saturated heterocycles. The molecule has 0 amide bonds. The van der Waals surface area contributed by atoms with Crippen LogP contribution in [0.15, 0.2) is 11.6 Å². The Hall–Kier alpha value is -0.870. The third-order valence-corrected chi connectivity index (χ3v) is 8.06. The lowest BCUT2D eigenvalue weighted by Gasteiger charge is -2.64. The first-order valence-corrected chi connectivity index (χ1v) is 9.92. The average Bonchev–Trinajstić information content (AvgIpc) is 2.60. The van der Waals surface area contributed by atoms with Gasteiger partial charge < -0.3 is 4.74 Å². The predicted octanol–water partition coefficient (Wildman–Crippen LogP) is 4.44. The van der Waals surface area contributed by atoms with Gasteiger partial charge in [0.15, 0.2) is 0 Å². The molecule has 0 N–H and O–H groups in total. The van der Waals surface area contributed by atoms with Gasteiger partial charge in [0, 0.05) is 5.92 Å². The number of carbonyl (C=O) groups excluding carboxylic acids is 1. The number of fused-ring (bicyclic) bond motifs is 2. The Bertz CT molecular complexity index is 611. The molecule has 25 heavy (non-hydrogen) atoms. The van der Waals surface area contributed by atoms with E-state index in [2.05, 4.69) is 33.8 Å². The topological polar surface area (TPSA) is 44.8 Å². The number of esters is 1. The van der Waals surface area contributed by atoms with Crippen LogP contribution in [0.25, 0.3) is 0 Å². The summed E-state index contributed by atoms with van der Waals surface area (Å²) in [7, 11) is 1.53. The van der Waals surface area contributed by atoms with Crippen LogP contribution in [0.2, 0.25) is 0 Å². The summed E-state index contributed by atoms with van der Waals surface area (Å²) in [5.74, 6) is 1.24. The summed E-state index contributed by atoms with van der Waals surface area (Å²) in [6.45, 7) is 9.01. The highest BCUT2D eigenvalue weighted by Crippen LogP contribution is 2.67. The fourth-order valence-corrected chi connectivity index (χ4v) is 6.83. The Morgan fingerprint density at radius 3 is 2.68 bits per heavy atom. The standard InChI is InChI=1S/C21H32O4/c1-13(2)14-12-21-10-7-16-19(3,17(21)11-15(14)24-25-21)8-6-9-20(16,4)18(22)23-5/h12-13,15-17H,6-11H2,1-5H3/t15-,16?,17?,19-,20+,21-/m0/s1. The van der Waals surface area contributed by atoms with E-state index < -0.39 is 0 Å². The fraction of sp³-hybridized carbons (Fsp3) is 0.857. The molecule has 4 heteroatoms. The minimum atomic E-state index is -0.370. The van der Waals surface area contributed by atoms with Gasteiger partial charge in [0.25, 0.3) is 0 Å². The van der Waals surface area contributed by atoms with Crippen molar-refractivity contribution < 1.29 is 19.3 Å². The van der Waals surface area contributed by atoms with Crippen molar-refractivity contribution >= 4 is 5.97 Å². The van der Waals surface area contributed by atoms with Gasteiger partial charge in [-0.15, -0.1) is 0 Å². The van der Waals surface area contributed by atoms with Crippen molar-refractivity contribution in [2.45, 2.75) is 77.9 Å². The maximum absolute atomic E-state index is 12.7. The van der Waals surface area contributed by atoms with E-state index in [0.717, 1.165) is 38.5 Å². The summed E-state index contributed by atoms with van der Waals surface area (Å²) >= 11 is 0. The summed E-state index contributed by atoms with van der Waals surface area (Å²) < 4.78 is 5.22. The van der Waals surface area contributed by atoms with Crippen LogP contribution in [-0.2, 0) is 19.3 Å². The molecular weight excluding hydrogens is 316 g/mol. The van der Waals surface area contributed by atoms with E-state index in [4.69, 9.17) is 14.5 Å². The summed E-state index contributed by atoms with van der Waals surface area (Å²) in [6.07, 6.45) is 8.61. The smallest absolute Gasteiger partial charge is 0.311 e. The molecule has 6 atom stereocenters. The summed E-state index contributed by atoms with van der Waals surface area (Å²) in [4.78, 5) is 24.5. The molecule has 5 rings (SSSR count). The lowest BCUT2D eigenvalue weighted by Crippen LogP contribution is -2.65. The van der Waals surface area contributed by atoms with Crippen LogP contribution >= 0.6 is 0 Å². The molecule has 2 unspecified atom stereocenters. The Kier molecular flexibility index (Phi) is 3.90. The zero-order valence-electron chi connectivity index (χ0n) is 16.3. The first-order valence-electron chi connectivity index (χ1n) is 9.92. The van der Waals surface area contributed by atoms with Crippen LogP contribution in [0.3, 0.4) is 0 Å². The second-order valence-electron chi connectivity index (χ2n) is 9.57. The van der Waals surface area contributed by atoms with E-state index in [1.54, 1.807) is 0 Å². The molecule has 5 aliphatic rings. The second kappa shape index (κ2) is 5.56. The molecule has 1 spiro atoms. The Balaban J connectivity index is 1.74. The lowest BCUT2D eigenvalue weighted by atomic mass is 9.43. The minimum Gasteiger partial charge on any atom is -0.469 e. The van der Waals surface area contributed by atoms with Crippen LogP contribution < -0.4 is 0 Å². The molecular formula is C21H32O4. The number of carbonyl (C=O) groups is 1. The fourth-order valence-electron chi connectivity index (χ4n) is 6.83. The van der Waals surface area contributed by atoms with Gasteiger partial charge in [-0.3, -0.25) is 4.79 Å². The number of hydrogen-bond donors (Lipinski definition) is 0. The van der Waals surface area contributed by atoms with E-state index in [9.17, 15) is 4.79 Å². The maximum atomic E-state index is 12.7. The van der Waals surface area contributed by atoms with Gasteiger partial charge in [-0.05, 0) is 67.9 Å².